The number of benzene rings is 1. The van der Waals surface area contributed by atoms with E-state index in [1.807, 2.05) is 18.2 Å². The van der Waals surface area contributed by atoms with E-state index < -0.39 is 0 Å². The number of nitrogens with zero attached hydrogens (tertiary/aromatic N) is 2. The average Bonchev–Trinajstić information content (AvgIpc) is 3.41. The molecule has 0 spiro atoms. The number of carbonyl (C=O) groups is 2. The molecule has 4 rings (SSSR count). The molecule has 0 saturated carbocycles. The number of hydrogen-bond donors (Lipinski definition) is 1. The highest BCUT2D eigenvalue weighted by Gasteiger charge is 2.34. The lowest BCUT2D eigenvalue weighted by Crippen LogP contribution is -2.27. The van der Waals surface area contributed by atoms with Crippen LogP contribution in [-0.4, -0.2) is 28.2 Å². The zero-order valence-electron chi connectivity index (χ0n) is 14.9. The number of aromatic nitrogens is 1. The Morgan fingerprint density at radius 3 is 2.89 bits per heavy atom. The van der Waals surface area contributed by atoms with Gasteiger partial charge in [0, 0.05) is 34.9 Å². The third-order valence-electron chi connectivity index (χ3n) is 4.59. The molecule has 28 heavy (non-hydrogen) atoms. The van der Waals surface area contributed by atoms with Crippen LogP contribution >= 0.6 is 27.3 Å². The van der Waals surface area contributed by atoms with E-state index in [0.717, 1.165) is 15.8 Å². The van der Waals surface area contributed by atoms with Crippen molar-refractivity contribution in [1.82, 2.24) is 9.88 Å². The fraction of sp³-hybridized carbons (Fsp3) is 0.250. The maximum Gasteiger partial charge on any atom is 0.231 e. The summed E-state index contributed by atoms with van der Waals surface area (Å²) in [5.41, 5.74) is 1.18. The minimum atomic E-state index is -0.374. The summed E-state index contributed by atoms with van der Waals surface area (Å²) < 4.78 is 6.33. The van der Waals surface area contributed by atoms with Crippen LogP contribution in [0, 0.1) is 5.92 Å². The number of anilines is 1. The maximum atomic E-state index is 12.6. The molecule has 1 aliphatic heterocycles. The summed E-state index contributed by atoms with van der Waals surface area (Å²) >= 11 is 4.89. The monoisotopic (exact) mass is 459 g/mol. The molecule has 144 valence electrons. The fourth-order valence-electron chi connectivity index (χ4n) is 3.15. The Morgan fingerprint density at radius 1 is 1.32 bits per heavy atom. The molecular formula is C20H18BrN3O3S. The first kappa shape index (κ1) is 18.9. The molecule has 2 aromatic heterocycles. The van der Waals surface area contributed by atoms with Gasteiger partial charge in [0.05, 0.1) is 18.7 Å². The lowest BCUT2D eigenvalue weighted by Gasteiger charge is -2.14. The molecule has 1 fully saturated rings. The minimum Gasteiger partial charge on any atom is -0.467 e. The number of nitrogens with one attached hydrogen (secondary N) is 1. The van der Waals surface area contributed by atoms with Crippen molar-refractivity contribution in [3.05, 3.63) is 69.5 Å². The standard InChI is InChI=1S/C20H18BrN3O3S/c21-15-5-3-13(4-6-15)8-17-10-22-20(28-17)23-19(26)14-9-18(25)24(11-14)12-16-2-1-7-27-16/h1-7,10,14H,8-9,11-12H2,(H,22,23,26). The Morgan fingerprint density at radius 2 is 2.14 bits per heavy atom. The van der Waals surface area contributed by atoms with Gasteiger partial charge in [0.25, 0.3) is 0 Å². The molecule has 3 aromatic rings. The molecule has 2 amide bonds. The summed E-state index contributed by atoms with van der Waals surface area (Å²) in [6.45, 7) is 0.784. The molecule has 1 atom stereocenters. The van der Waals surface area contributed by atoms with Gasteiger partial charge in [-0.25, -0.2) is 4.98 Å². The Bertz CT molecular complexity index is 969. The Hall–Kier alpha value is -2.45. The topological polar surface area (TPSA) is 75.4 Å². The number of furan rings is 1. The number of amides is 2. The first-order chi connectivity index (χ1) is 13.6. The molecule has 1 unspecified atom stereocenters. The van der Waals surface area contributed by atoms with E-state index in [0.29, 0.717) is 24.0 Å². The molecule has 3 heterocycles. The second-order valence-corrected chi connectivity index (χ2v) is 8.71. The van der Waals surface area contributed by atoms with Crippen LogP contribution in [0.25, 0.3) is 0 Å². The summed E-state index contributed by atoms with van der Waals surface area (Å²) in [6.07, 6.45) is 4.34. The third kappa shape index (κ3) is 4.51. The van der Waals surface area contributed by atoms with E-state index in [2.05, 4.69) is 38.4 Å². The SMILES string of the molecule is O=C(Nc1ncc(Cc2ccc(Br)cc2)s1)C1CC(=O)N(Cc2ccco2)C1. The quantitative estimate of drug-likeness (QED) is 0.602. The highest BCUT2D eigenvalue weighted by molar-refractivity contribution is 9.10. The predicted molar refractivity (Wildman–Crippen MR) is 110 cm³/mol. The van der Waals surface area contributed by atoms with Crippen LogP contribution in [0.15, 0.2) is 57.7 Å². The van der Waals surface area contributed by atoms with Crippen LogP contribution in [-0.2, 0) is 22.6 Å². The van der Waals surface area contributed by atoms with Crippen LogP contribution in [0.4, 0.5) is 5.13 Å². The van der Waals surface area contributed by atoms with Gasteiger partial charge in [-0.15, -0.1) is 11.3 Å². The Labute approximate surface area is 174 Å². The van der Waals surface area contributed by atoms with Crippen molar-refractivity contribution in [2.45, 2.75) is 19.4 Å². The lowest BCUT2D eigenvalue weighted by atomic mass is 10.1. The largest absolute Gasteiger partial charge is 0.467 e. The van der Waals surface area contributed by atoms with Crippen molar-refractivity contribution in [2.24, 2.45) is 5.92 Å². The summed E-state index contributed by atoms with van der Waals surface area (Å²) in [5.74, 6) is 0.139. The Kier molecular flexibility index (Phi) is 5.59. The highest BCUT2D eigenvalue weighted by Crippen LogP contribution is 2.25. The van der Waals surface area contributed by atoms with E-state index in [1.165, 1.54) is 16.9 Å². The molecule has 8 heteroatoms. The van der Waals surface area contributed by atoms with E-state index in [1.54, 1.807) is 23.4 Å². The minimum absolute atomic E-state index is 0.0355. The molecule has 1 N–H and O–H groups in total. The van der Waals surface area contributed by atoms with Gasteiger partial charge in [-0.05, 0) is 29.8 Å². The Balaban J connectivity index is 1.33. The molecule has 1 saturated heterocycles. The lowest BCUT2D eigenvalue weighted by molar-refractivity contribution is -0.128. The number of hydrogen-bond acceptors (Lipinski definition) is 5. The van der Waals surface area contributed by atoms with Gasteiger partial charge in [-0.3, -0.25) is 9.59 Å². The predicted octanol–water partition coefficient (Wildman–Crippen LogP) is 4.08. The number of likely N-dealkylation sites (tertiary alicyclic amines) is 1. The molecule has 6 nitrogen and oxygen atoms in total. The average molecular weight is 460 g/mol. The molecule has 1 aliphatic rings. The maximum absolute atomic E-state index is 12.6. The highest BCUT2D eigenvalue weighted by atomic mass is 79.9. The molecule has 0 aliphatic carbocycles. The van der Waals surface area contributed by atoms with Crippen molar-refractivity contribution < 1.29 is 14.0 Å². The zero-order valence-corrected chi connectivity index (χ0v) is 17.3. The van der Waals surface area contributed by atoms with Gasteiger partial charge in [0.1, 0.15) is 5.76 Å². The second-order valence-electron chi connectivity index (χ2n) is 6.68. The van der Waals surface area contributed by atoms with Crippen LogP contribution in [0.3, 0.4) is 0 Å². The number of halogens is 1. The van der Waals surface area contributed by atoms with E-state index in [9.17, 15) is 9.59 Å². The van der Waals surface area contributed by atoms with Gasteiger partial charge in [-0.1, -0.05) is 28.1 Å². The summed E-state index contributed by atoms with van der Waals surface area (Å²) in [5, 5.41) is 3.42. The smallest absolute Gasteiger partial charge is 0.231 e. The normalized spacial score (nSPS) is 16.5. The van der Waals surface area contributed by atoms with E-state index >= 15 is 0 Å². The summed E-state index contributed by atoms with van der Waals surface area (Å²) in [4.78, 5) is 31.8. The molecule has 0 bridgehead atoms. The molecule has 1 aromatic carbocycles. The van der Waals surface area contributed by atoms with Crippen LogP contribution < -0.4 is 5.32 Å². The number of thiazole rings is 1. The van der Waals surface area contributed by atoms with Crippen LogP contribution in [0.2, 0.25) is 0 Å². The van der Waals surface area contributed by atoms with Crippen molar-refractivity contribution in [3.8, 4) is 0 Å². The molecular weight excluding hydrogens is 442 g/mol. The van der Waals surface area contributed by atoms with E-state index in [4.69, 9.17) is 4.42 Å². The number of rotatable bonds is 6. The first-order valence-corrected chi connectivity index (χ1v) is 10.5. The molecule has 0 radical (unpaired) electrons. The summed E-state index contributed by atoms with van der Waals surface area (Å²) in [6, 6.07) is 11.7. The van der Waals surface area contributed by atoms with Gasteiger partial charge < -0.3 is 14.6 Å². The van der Waals surface area contributed by atoms with Crippen molar-refractivity contribution in [1.29, 1.82) is 0 Å². The van der Waals surface area contributed by atoms with Gasteiger partial charge in [0.2, 0.25) is 11.8 Å². The van der Waals surface area contributed by atoms with Crippen molar-refractivity contribution in [3.63, 3.8) is 0 Å². The van der Waals surface area contributed by atoms with Gasteiger partial charge >= 0.3 is 0 Å². The third-order valence-corrected chi connectivity index (χ3v) is 6.03. The first-order valence-electron chi connectivity index (χ1n) is 8.87. The van der Waals surface area contributed by atoms with Crippen LogP contribution in [0.1, 0.15) is 22.6 Å². The van der Waals surface area contributed by atoms with Crippen molar-refractivity contribution in [2.75, 3.05) is 11.9 Å². The van der Waals surface area contributed by atoms with Gasteiger partial charge in [-0.2, -0.15) is 0 Å². The zero-order chi connectivity index (χ0) is 19.5. The number of carbonyl (C=O) groups excluding carboxylic acids is 2. The van der Waals surface area contributed by atoms with Crippen molar-refractivity contribution >= 4 is 44.2 Å². The fourth-order valence-corrected chi connectivity index (χ4v) is 4.26. The van der Waals surface area contributed by atoms with Crippen LogP contribution in [0.5, 0.6) is 0 Å². The van der Waals surface area contributed by atoms with Gasteiger partial charge in [0.15, 0.2) is 5.13 Å². The second kappa shape index (κ2) is 8.28. The van der Waals surface area contributed by atoms with E-state index in [-0.39, 0.29) is 24.2 Å². The summed E-state index contributed by atoms with van der Waals surface area (Å²) in [7, 11) is 0.